The second-order valence-corrected chi connectivity index (χ2v) is 7.51. The first kappa shape index (κ1) is 23.4. The number of nitrogen functional groups attached to an aromatic ring is 1. The summed E-state index contributed by atoms with van der Waals surface area (Å²) in [7, 11) is 0. The van der Waals surface area contributed by atoms with Crippen LogP contribution in [0.4, 0.5) is 11.4 Å². The number of aliphatic hydroxyl groups is 1. The van der Waals surface area contributed by atoms with Crippen molar-refractivity contribution in [2.45, 2.75) is 64.9 Å². The molecule has 2 heterocycles. The van der Waals surface area contributed by atoms with E-state index in [9.17, 15) is 9.59 Å². The molecular formula is C22H32N4O4. The Morgan fingerprint density at radius 3 is 2.40 bits per heavy atom. The number of carbonyl (C=O) groups is 2. The SMILES string of the molecule is Cc1noc(C)c1-c1ccc(N)c(NC=O)c1.O=C1CCCN1.OC1CCCCC1. The number of aromatic nitrogens is 1. The molecule has 5 N–H and O–H groups in total. The monoisotopic (exact) mass is 416 g/mol. The molecule has 2 aliphatic rings. The number of aliphatic hydroxyl groups excluding tert-OH is 1. The summed E-state index contributed by atoms with van der Waals surface area (Å²) in [5, 5.41) is 18.0. The lowest BCUT2D eigenvalue weighted by molar-refractivity contribution is -0.119. The van der Waals surface area contributed by atoms with Crippen molar-refractivity contribution in [2.24, 2.45) is 0 Å². The summed E-state index contributed by atoms with van der Waals surface area (Å²) in [4.78, 5) is 20.6. The molecular weight excluding hydrogens is 384 g/mol. The molecule has 1 aromatic carbocycles. The lowest BCUT2D eigenvalue weighted by atomic mass is 9.98. The van der Waals surface area contributed by atoms with Crippen molar-refractivity contribution in [2.75, 3.05) is 17.6 Å². The van der Waals surface area contributed by atoms with Gasteiger partial charge in [0, 0.05) is 18.5 Å². The fraction of sp³-hybridized carbons (Fsp3) is 0.500. The smallest absolute Gasteiger partial charge is 0.220 e. The topological polar surface area (TPSA) is 130 Å². The van der Waals surface area contributed by atoms with Crippen LogP contribution in [-0.2, 0) is 9.59 Å². The van der Waals surface area contributed by atoms with Crippen LogP contribution in [0, 0.1) is 13.8 Å². The van der Waals surface area contributed by atoms with Gasteiger partial charge in [0.25, 0.3) is 0 Å². The standard InChI is InChI=1S/C12H13N3O2.C6H12O.C4H7NO/c1-7-12(8(2)17-15-7)9-3-4-10(13)11(5-9)14-6-16;7-6-4-2-1-3-5-6;6-4-2-1-3-5-4/h3-6H,13H2,1-2H3,(H,14,16);6-7H,1-5H2;1-3H2,(H,5,6). The highest BCUT2D eigenvalue weighted by Crippen LogP contribution is 2.31. The van der Waals surface area contributed by atoms with Crippen LogP contribution in [-0.4, -0.2) is 35.2 Å². The van der Waals surface area contributed by atoms with E-state index in [1.165, 1.54) is 19.3 Å². The summed E-state index contributed by atoms with van der Waals surface area (Å²) in [6.45, 7) is 4.60. The Morgan fingerprint density at radius 2 is 1.97 bits per heavy atom. The summed E-state index contributed by atoms with van der Waals surface area (Å²) in [6.07, 6.45) is 8.29. The molecule has 30 heavy (non-hydrogen) atoms. The number of nitrogens with two attached hydrogens (primary N) is 1. The van der Waals surface area contributed by atoms with Crippen LogP contribution in [0.2, 0.25) is 0 Å². The molecule has 164 valence electrons. The van der Waals surface area contributed by atoms with Gasteiger partial charge in [-0.15, -0.1) is 0 Å². The largest absolute Gasteiger partial charge is 0.397 e. The molecule has 4 rings (SSSR count). The zero-order chi connectivity index (χ0) is 21.9. The van der Waals surface area contributed by atoms with Crippen molar-refractivity contribution in [3.63, 3.8) is 0 Å². The first-order valence-corrected chi connectivity index (χ1v) is 10.4. The first-order valence-electron chi connectivity index (χ1n) is 10.4. The molecule has 8 nitrogen and oxygen atoms in total. The molecule has 0 bridgehead atoms. The molecule has 0 radical (unpaired) electrons. The molecule has 1 aliphatic heterocycles. The van der Waals surface area contributed by atoms with Crippen LogP contribution in [0.15, 0.2) is 22.7 Å². The van der Waals surface area contributed by atoms with E-state index in [0.717, 1.165) is 54.8 Å². The van der Waals surface area contributed by atoms with Crippen LogP contribution in [0.5, 0.6) is 0 Å². The molecule has 1 aliphatic carbocycles. The third-order valence-corrected chi connectivity index (χ3v) is 5.07. The maximum Gasteiger partial charge on any atom is 0.220 e. The molecule has 2 aromatic rings. The van der Waals surface area contributed by atoms with E-state index >= 15 is 0 Å². The lowest BCUT2D eigenvalue weighted by Crippen LogP contribution is -2.12. The third-order valence-electron chi connectivity index (χ3n) is 5.07. The molecule has 0 spiro atoms. The van der Waals surface area contributed by atoms with Gasteiger partial charge in [-0.25, -0.2) is 0 Å². The van der Waals surface area contributed by atoms with Gasteiger partial charge >= 0.3 is 0 Å². The van der Waals surface area contributed by atoms with Gasteiger partial charge < -0.3 is 26.0 Å². The minimum Gasteiger partial charge on any atom is -0.397 e. The fourth-order valence-electron chi connectivity index (χ4n) is 3.44. The fourth-order valence-corrected chi connectivity index (χ4v) is 3.44. The quantitative estimate of drug-likeness (QED) is 0.448. The highest BCUT2D eigenvalue weighted by molar-refractivity contribution is 5.84. The van der Waals surface area contributed by atoms with Crippen molar-refractivity contribution in [3.8, 4) is 11.1 Å². The number of hydrogen-bond acceptors (Lipinski definition) is 6. The number of amides is 2. The average molecular weight is 417 g/mol. The Bertz CT molecular complexity index is 801. The second kappa shape index (κ2) is 12.0. The number of hydrogen-bond donors (Lipinski definition) is 4. The predicted octanol–water partition coefficient (Wildman–Crippen LogP) is 3.32. The molecule has 1 saturated carbocycles. The second-order valence-electron chi connectivity index (χ2n) is 7.51. The Kier molecular flexibility index (Phi) is 9.34. The van der Waals surface area contributed by atoms with Gasteiger partial charge in [0.1, 0.15) is 5.76 Å². The van der Waals surface area contributed by atoms with Crippen LogP contribution in [0.3, 0.4) is 0 Å². The number of nitrogens with zero attached hydrogens (tertiary/aromatic N) is 1. The van der Waals surface area contributed by atoms with Gasteiger partial charge in [0.15, 0.2) is 0 Å². The Balaban J connectivity index is 0.000000200. The molecule has 0 atom stereocenters. The highest BCUT2D eigenvalue weighted by atomic mass is 16.5. The molecule has 2 fully saturated rings. The summed E-state index contributed by atoms with van der Waals surface area (Å²) in [5.41, 5.74) is 9.50. The van der Waals surface area contributed by atoms with Crippen LogP contribution in [0.25, 0.3) is 11.1 Å². The number of carbonyl (C=O) groups excluding carboxylic acids is 2. The van der Waals surface area contributed by atoms with E-state index in [2.05, 4.69) is 15.8 Å². The van der Waals surface area contributed by atoms with Crippen LogP contribution < -0.4 is 16.4 Å². The highest BCUT2D eigenvalue weighted by Gasteiger charge is 2.12. The van der Waals surface area contributed by atoms with Gasteiger partial charge in [-0.1, -0.05) is 30.5 Å². The number of nitrogens with one attached hydrogen (secondary N) is 2. The van der Waals surface area contributed by atoms with Gasteiger partial charge in [-0.05, 0) is 50.8 Å². The molecule has 8 heteroatoms. The Labute approximate surface area is 177 Å². The number of aryl methyl sites for hydroxylation is 2. The van der Waals surface area contributed by atoms with Crippen molar-refractivity contribution in [1.29, 1.82) is 0 Å². The average Bonchev–Trinajstić information content (AvgIpc) is 3.34. The van der Waals surface area contributed by atoms with Crippen molar-refractivity contribution in [3.05, 3.63) is 29.7 Å². The minimum atomic E-state index is 0.0359. The minimum absolute atomic E-state index is 0.0359. The van der Waals surface area contributed by atoms with Crippen molar-refractivity contribution < 1.29 is 19.2 Å². The molecule has 2 amide bonds. The zero-order valence-electron chi connectivity index (χ0n) is 17.7. The summed E-state index contributed by atoms with van der Waals surface area (Å²) in [6, 6.07) is 5.42. The zero-order valence-corrected chi connectivity index (χ0v) is 17.7. The Hall–Kier alpha value is -2.87. The normalized spacial score (nSPS) is 15.9. The van der Waals surface area contributed by atoms with Crippen molar-refractivity contribution in [1.82, 2.24) is 10.5 Å². The number of anilines is 2. The maximum absolute atomic E-state index is 10.5. The van der Waals surface area contributed by atoms with Crippen LogP contribution in [0.1, 0.15) is 56.4 Å². The molecule has 1 aromatic heterocycles. The van der Waals surface area contributed by atoms with Gasteiger partial charge in [-0.2, -0.15) is 0 Å². The summed E-state index contributed by atoms with van der Waals surface area (Å²) in [5.74, 6) is 0.944. The molecule has 0 unspecified atom stereocenters. The Morgan fingerprint density at radius 1 is 1.23 bits per heavy atom. The van der Waals surface area contributed by atoms with E-state index in [0.29, 0.717) is 17.8 Å². The third kappa shape index (κ3) is 7.18. The molecule has 1 saturated heterocycles. The van der Waals surface area contributed by atoms with Gasteiger partial charge in [0.05, 0.1) is 23.2 Å². The van der Waals surface area contributed by atoms with E-state index < -0.39 is 0 Å². The van der Waals surface area contributed by atoms with E-state index in [4.69, 9.17) is 15.4 Å². The first-order chi connectivity index (χ1) is 14.4. The van der Waals surface area contributed by atoms with Crippen LogP contribution >= 0.6 is 0 Å². The number of rotatable bonds is 3. The van der Waals surface area contributed by atoms with E-state index in [-0.39, 0.29) is 12.0 Å². The van der Waals surface area contributed by atoms with Gasteiger partial charge in [0.2, 0.25) is 12.3 Å². The van der Waals surface area contributed by atoms with Crippen molar-refractivity contribution >= 4 is 23.7 Å². The van der Waals surface area contributed by atoms with Gasteiger partial charge in [-0.3, -0.25) is 9.59 Å². The number of benzene rings is 1. The summed E-state index contributed by atoms with van der Waals surface area (Å²) < 4.78 is 5.11. The summed E-state index contributed by atoms with van der Waals surface area (Å²) >= 11 is 0. The predicted molar refractivity (Wildman–Crippen MR) is 117 cm³/mol. The van der Waals surface area contributed by atoms with E-state index in [1.807, 2.05) is 19.9 Å². The maximum atomic E-state index is 10.5. The van der Waals surface area contributed by atoms with E-state index in [1.54, 1.807) is 12.1 Å². The lowest BCUT2D eigenvalue weighted by Gasteiger charge is -2.14.